The summed E-state index contributed by atoms with van der Waals surface area (Å²) in [4.78, 5) is 36.2. The van der Waals surface area contributed by atoms with E-state index < -0.39 is 35.8 Å². The highest BCUT2D eigenvalue weighted by atomic mass is 19.1. The molecule has 1 aromatic rings. The molecule has 0 aliphatic carbocycles. The molecule has 0 radical (unpaired) electrons. The number of hydrogen-bond donors (Lipinski definition) is 2. The van der Waals surface area contributed by atoms with Gasteiger partial charge >= 0.3 is 6.09 Å². The normalized spacial score (nSPS) is 22.2. The average molecular weight is 365 g/mol. The predicted molar refractivity (Wildman–Crippen MR) is 87.3 cm³/mol. The van der Waals surface area contributed by atoms with Crippen molar-refractivity contribution in [3.8, 4) is 0 Å². The van der Waals surface area contributed by atoms with Crippen LogP contribution in [0, 0.1) is 11.6 Å². The van der Waals surface area contributed by atoms with Crippen LogP contribution in [0.3, 0.4) is 0 Å². The lowest BCUT2D eigenvalue weighted by Crippen LogP contribution is -2.37. The van der Waals surface area contributed by atoms with Crippen molar-refractivity contribution < 1.29 is 27.9 Å². The van der Waals surface area contributed by atoms with E-state index in [1.54, 1.807) is 6.92 Å². The molecule has 1 fully saturated rings. The SMILES string of the molecule is CCNC(=O)[C@H]1CN(c2cc(F)c(C3CC(=O)C=CN3)c(F)c2)C(=O)O1. The van der Waals surface area contributed by atoms with E-state index in [0.717, 1.165) is 17.0 Å². The van der Waals surface area contributed by atoms with Crippen molar-refractivity contribution in [2.45, 2.75) is 25.5 Å². The summed E-state index contributed by atoms with van der Waals surface area (Å²) in [7, 11) is 0. The Morgan fingerprint density at radius 1 is 1.35 bits per heavy atom. The van der Waals surface area contributed by atoms with Crippen LogP contribution >= 0.6 is 0 Å². The van der Waals surface area contributed by atoms with E-state index >= 15 is 0 Å². The number of ketones is 1. The standard InChI is InChI=1S/C17H17F2N3O4/c1-2-20-16(24)14-8-22(17(25)26-14)9-5-11(18)15(12(19)6-9)13-7-10(23)3-4-21-13/h3-6,13-14,21H,2,7-8H2,1H3,(H,20,24)/t13?,14-/m1/s1. The van der Waals surface area contributed by atoms with Crippen molar-refractivity contribution in [1.82, 2.24) is 10.6 Å². The minimum atomic E-state index is -1.05. The number of hydrogen-bond acceptors (Lipinski definition) is 5. The Morgan fingerprint density at radius 2 is 2.04 bits per heavy atom. The van der Waals surface area contributed by atoms with Gasteiger partial charge in [-0.2, -0.15) is 0 Å². The fourth-order valence-electron chi connectivity index (χ4n) is 2.93. The zero-order valence-electron chi connectivity index (χ0n) is 13.9. The number of anilines is 1. The quantitative estimate of drug-likeness (QED) is 0.845. The molecule has 7 nitrogen and oxygen atoms in total. The number of likely N-dealkylation sites (N-methyl/N-ethyl adjacent to an activating group) is 1. The number of cyclic esters (lactones) is 1. The molecule has 138 valence electrons. The highest BCUT2D eigenvalue weighted by molar-refractivity contribution is 5.95. The van der Waals surface area contributed by atoms with Crippen LogP contribution in [0.5, 0.6) is 0 Å². The van der Waals surface area contributed by atoms with Crippen molar-refractivity contribution in [2.75, 3.05) is 18.0 Å². The molecular weight excluding hydrogens is 348 g/mol. The summed E-state index contributed by atoms with van der Waals surface area (Å²) in [5.74, 6) is -2.51. The molecule has 1 unspecified atom stereocenters. The van der Waals surface area contributed by atoms with Crippen LogP contribution in [-0.2, 0) is 14.3 Å². The maximum absolute atomic E-state index is 14.5. The Hall–Kier alpha value is -2.97. The molecule has 1 aromatic carbocycles. The summed E-state index contributed by atoms with van der Waals surface area (Å²) < 4.78 is 34.0. The zero-order chi connectivity index (χ0) is 18.8. The monoisotopic (exact) mass is 365 g/mol. The number of benzene rings is 1. The van der Waals surface area contributed by atoms with Crippen LogP contribution in [0.15, 0.2) is 24.4 Å². The lowest BCUT2D eigenvalue weighted by Gasteiger charge is -2.22. The first-order valence-corrected chi connectivity index (χ1v) is 8.11. The third-order valence-electron chi connectivity index (χ3n) is 4.15. The van der Waals surface area contributed by atoms with E-state index in [2.05, 4.69) is 10.6 Å². The molecule has 26 heavy (non-hydrogen) atoms. The summed E-state index contributed by atoms with van der Waals surface area (Å²) >= 11 is 0. The highest BCUT2D eigenvalue weighted by Gasteiger charge is 2.37. The Balaban J connectivity index is 1.84. The van der Waals surface area contributed by atoms with Gasteiger partial charge in [0.1, 0.15) is 11.6 Å². The van der Waals surface area contributed by atoms with Gasteiger partial charge in [0.2, 0.25) is 0 Å². The number of allylic oxidation sites excluding steroid dienone is 1. The Kier molecular flexibility index (Phi) is 4.88. The molecule has 2 aliphatic heterocycles. The van der Waals surface area contributed by atoms with E-state index in [1.807, 2.05) is 0 Å². The molecule has 2 N–H and O–H groups in total. The van der Waals surface area contributed by atoms with Crippen molar-refractivity contribution in [3.05, 3.63) is 41.6 Å². The summed E-state index contributed by atoms with van der Waals surface area (Å²) in [5, 5.41) is 5.26. The number of halogens is 2. The number of amides is 2. The van der Waals surface area contributed by atoms with Crippen LogP contribution in [0.4, 0.5) is 19.3 Å². The van der Waals surface area contributed by atoms with Gasteiger partial charge in [0.25, 0.3) is 5.91 Å². The zero-order valence-corrected chi connectivity index (χ0v) is 13.9. The molecule has 1 saturated heterocycles. The fourth-order valence-corrected chi connectivity index (χ4v) is 2.93. The predicted octanol–water partition coefficient (Wildman–Crippen LogP) is 1.54. The summed E-state index contributed by atoms with van der Waals surface area (Å²) in [6.45, 7) is 1.94. The third-order valence-corrected chi connectivity index (χ3v) is 4.15. The maximum atomic E-state index is 14.5. The van der Waals surface area contributed by atoms with Gasteiger partial charge in [-0.1, -0.05) is 0 Å². The van der Waals surface area contributed by atoms with E-state index in [9.17, 15) is 23.2 Å². The van der Waals surface area contributed by atoms with Crippen LogP contribution in [0.2, 0.25) is 0 Å². The topological polar surface area (TPSA) is 87.7 Å². The molecule has 0 saturated carbocycles. The van der Waals surface area contributed by atoms with Crippen LogP contribution in [-0.4, -0.2) is 37.0 Å². The first kappa shape index (κ1) is 17.8. The second-order valence-corrected chi connectivity index (χ2v) is 5.92. The molecule has 9 heteroatoms. The van der Waals surface area contributed by atoms with Gasteiger partial charge in [-0.3, -0.25) is 14.5 Å². The van der Waals surface area contributed by atoms with Crippen molar-refractivity contribution in [2.24, 2.45) is 0 Å². The molecule has 2 aliphatic rings. The molecule has 2 atom stereocenters. The largest absolute Gasteiger partial charge is 0.434 e. The van der Waals surface area contributed by atoms with Gasteiger partial charge in [-0.15, -0.1) is 0 Å². The lowest BCUT2D eigenvalue weighted by atomic mass is 9.97. The minimum absolute atomic E-state index is 0.0572. The van der Waals surface area contributed by atoms with Gasteiger partial charge in [-0.25, -0.2) is 13.6 Å². The highest BCUT2D eigenvalue weighted by Crippen LogP contribution is 2.31. The molecule has 0 spiro atoms. The van der Waals surface area contributed by atoms with Crippen molar-refractivity contribution >= 4 is 23.5 Å². The van der Waals surface area contributed by atoms with Gasteiger partial charge in [-0.05, 0) is 25.1 Å². The van der Waals surface area contributed by atoms with Crippen LogP contribution in [0.25, 0.3) is 0 Å². The summed E-state index contributed by atoms with van der Waals surface area (Å²) in [6, 6.07) is 1.16. The van der Waals surface area contributed by atoms with Gasteiger partial charge in [0, 0.05) is 24.7 Å². The maximum Gasteiger partial charge on any atom is 0.415 e. The fraction of sp³-hybridized carbons (Fsp3) is 0.353. The van der Waals surface area contributed by atoms with E-state index in [-0.39, 0.29) is 30.0 Å². The molecule has 2 heterocycles. The van der Waals surface area contributed by atoms with Gasteiger partial charge < -0.3 is 15.4 Å². The smallest absolute Gasteiger partial charge is 0.415 e. The molecule has 0 aromatic heterocycles. The second-order valence-electron chi connectivity index (χ2n) is 5.92. The number of rotatable bonds is 4. The number of nitrogens with zero attached hydrogens (tertiary/aromatic N) is 1. The first-order valence-electron chi connectivity index (χ1n) is 8.11. The number of ether oxygens (including phenoxy) is 1. The Morgan fingerprint density at radius 3 is 2.65 bits per heavy atom. The number of nitrogens with one attached hydrogen (secondary N) is 2. The number of carbonyl (C=O) groups is 3. The Labute approximate surface area is 148 Å². The molecule has 2 amide bonds. The van der Waals surface area contributed by atoms with Crippen molar-refractivity contribution in [3.63, 3.8) is 0 Å². The second kappa shape index (κ2) is 7.11. The summed E-state index contributed by atoms with van der Waals surface area (Å²) in [6.07, 6.45) is 0.660. The van der Waals surface area contributed by atoms with Crippen LogP contribution in [0.1, 0.15) is 24.9 Å². The molecule has 3 rings (SSSR count). The number of carbonyl (C=O) groups excluding carboxylic acids is 3. The Bertz CT molecular complexity index is 773. The van der Waals surface area contributed by atoms with Crippen LogP contribution < -0.4 is 15.5 Å². The van der Waals surface area contributed by atoms with E-state index in [4.69, 9.17) is 4.74 Å². The molecule has 0 bridgehead atoms. The molecular formula is C17H17F2N3O4. The summed E-state index contributed by atoms with van der Waals surface area (Å²) in [5.41, 5.74) is -0.336. The lowest BCUT2D eigenvalue weighted by molar-refractivity contribution is -0.127. The minimum Gasteiger partial charge on any atom is -0.434 e. The first-order chi connectivity index (χ1) is 12.4. The van der Waals surface area contributed by atoms with Crippen molar-refractivity contribution in [1.29, 1.82) is 0 Å². The van der Waals surface area contributed by atoms with E-state index in [0.29, 0.717) is 6.54 Å². The van der Waals surface area contributed by atoms with E-state index in [1.165, 1.54) is 12.3 Å². The van der Waals surface area contributed by atoms with Gasteiger partial charge in [0.15, 0.2) is 11.9 Å². The van der Waals surface area contributed by atoms with Gasteiger partial charge in [0.05, 0.1) is 18.3 Å². The third kappa shape index (κ3) is 3.37. The average Bonchev–Trinajstić information content (AvgIpc) is 2.96.